The van der Waals surface area contributed by atoms with E-state index in [1.807, 2.05) is 0 Å². The van der Waals surface area contributed by atoms with Crippen molar-refractivity contribution >= 4 is 22.0 Å². The van der Waals surface area contributed by atoms with Crippen molar-refractivity contribution in [1.29, 1.82) is 0 Å². The van der Waals surface area contributed by atoms with Gasteiger partial charge in [-0.15, -0.1) is 0 Å². The van der Waals surface area contributed by atoms with E-state index in [1.54, 1.807) is 0 Å². The summed E-state index contributed by atoms with van der Waals surface area (Å²) < 4.78 is 4.68. The van der Waals surface area contributed by atoms with Gasteiger partial charge >= 0.3 is 6.09 Å². The summed E-state index contributed by atoms with van der Waals surface area (Å²) in [6.45, 7) is 3.21. The molecule has 20 heavy (non-hydrogen) atoms. The topological polar surface area (TPSA) is 41.6 Å². The van der Waals surface area contributed by atoms with Crippen LogP contribution < -0.4 is 5.32 Å². The van der Waals surface area contributed by atoms with Crippen LogP contribution in [0.3, 0.4) is 0 Å². The van der Waals surface area contributed by atoms with Crippen LogP contribution in [-0.2, 0) is 4.74 Å². The Bertz CT molecular complexity index is 317. The minimum absolute atomic E-state index is 0.251. The zero-order valence-corrected chi connectivity index (χ0v) is 14.1. The van der Waals surface area contributed by atoms with E-state index in [0.717, 1.165) is 31.4 Å². The summed E-state index contributed by atoms with van der Waals surface area (Å²) in [7, 11) is 1.42. The van der Waals surface area contributed by atoms with E-state index in [1.165, 1.54) is 45.6 Å². The maximum Gasteiger partial charge on any atom is 0.407 e. The van der Waals surface area contributed by atoms with E-state index in [0.29, 0.717) is 5.41 Å². The maximum absolute atomic E-state index is 11.3. The molecule has 0 aromatic rings. The molecular formula is C15H27BrN2O2. The van der Waals surface area contributed by atoms with Gasteiger partial charge in [-0.2, -0.15) is 0 Å². The van der Waals surface area contributed by atoms with Gasteiger partial charge in [-0.1, -0.05) is 41.6 Å². The second-order valence-corrected chi connectivity index (χ2v) is 6.97. The Kier molecular flexibility index (Phi) is 6.15. The van der Waals surface area contributed by atoms with Crippen LogP contribution >= 0.6 is 15.9 Å². The number of alkyl carbamates (subject to hydrolysis) is 1. The second-order valence-electron chi connectivity index (χ2n) is 6.40. The lowest BCUT2D eigenvalue weighted by Gasteiger charge is -2.35. The molecule has 1 aliphatic carbocycles. The molecule has 0 aromatic carbocycles. The highest BCUT2D eigenvalue weighted by molar-refractivity contribution is 9.09. The smallest absolute Gasteiger partial charge is 0.407 e. The number of methoxy groups -OCH3 is 1. The molecule has 1 saturated carbocycles. The average Bonchev–Trinajstić information content (AvgIpc) is 2.74. The highest BCUT2D eigenvalue weighted by atomic mass is 79.9. The third kappa shape index (κ3) is 4.35. The van der Waals surface area contributed by atoms with Gasteiger partial charge in [0.05, 0.1) is 7.11 Å². The van der Waals surface area contributed by atoms with Crippen molar-refractivity contribution < 1.29 is 9.53 Å². The minimum Gasteiger partial charge on any atom is -0.453 e. The van der Waals surface area contributed by atoms with E-state index in [4.69, 9.17) is 0 Å². The maximum atomic E-state index is 11.3. The minimum atomic E-state index is -0.304. The molecule has 0 aromatic heterocycles. The van der Waals surface area contributed by atoms with E-state index in [9.17, 15) is 4.79 Å². The monoisotopic (exact) mass is 346 g/mol. The van der Waals surface area contributed by atoms with Gasteiger partial charge in [0.2, 0.25) is 0 Å². The lowest BCUT2D eigenvalue weighted by molar-refractivity contribution is 0.160. The third-order valence-electron chi connectivity index (χ3n) is 4.79. The molecule has 1 heterocycles. The van der Waals surface area contributed by atoms with Crippen LogP contribution in [0.5, 0.6) is 0 Å². The Morgan fingerprint density at radius 2 is 2.05 bits per heavy atom. The number of carbonyl (C=O) groups excluding carboxylic acids is 1. The standard InChI is InChI=1S/C15H27BrN2O2/c1-20-14(19)17-13-6-9-18(10-13)12-15(11-16)7-4-2-3-5-8-15/h13H,2-12H2,1H3,(H,17,19). The highest BCUT2D eigenvalue weighted by Gasteiger charge is 2.34. The van der Waals surface area contributed by atoms with Gasteiger partial charge in [0.25, 0.3) is 0 Å². The number of amides is 1. The Labute approximate surface area is 130 Å². The first-order chi connectivity index (χ1) is 9.67. The molecule has 1 atom stereocenters. The lowest BCUT2D eigenvalue weighted by Crippen LogP contribution is -2.41. The summed E-state index contributed by atoms with van der Waals surface area (Å²) in [6, 6.07) is 0.251. The Morgan fingerprint density at radius 1 is 1.35 bits per heavy atom. The average molecular weight is 347 g/mol. The van der Waals surface area contributed by atoms with E-state index in [2.05, 4.69) is 30.9 Å². The normalized spacial score (nSPS) is 27.0. The van der Waals surface area contributed by atoms with Crippen LogP contribution in [0.25, 0.3) is 0 Å². The summed E-state index contributed by atoms with van der Waals surface area (Å²) in [5, 5.41) is 4.03. The van der Waals surface area contributed by atoms with Crippen LogP contribution in [0, 0.1) is 5.41 Å². The fraction of sp³-hybridized carbons (Fsp3) is 0.933. The number of nitrogens with zero attached hydrogens (tertiary/aromatic N) is 1. The zero-order valence-electron chi connectivity index (χ0n) is 12.5. The predicted molar refractivity (Wildman–Crippen MR) is 84.3 cm³/mol. The summed E-state index contributed by atoms with van der Waals surface area (Å²) in [4.78, 5) is 13.8. The molecule has 2 fully saturated rings. The Morgan fingerprint density at radius 3 is 2.65 bits per heavy atom. The number of rotatable bonds is 4. The molecule has 116 valence electrons. The first kappa shape index (κ1) is 16.1. The van der Waals surface area contributed by atoms with Gasteiger partial charge in [0.15, 0.2) is 0 Å². The summed E-state index contributed by atoms with van der Waals surface area (Å²) in [5.41, 5.74) is 0.441. The fourth-order valence-corrected chi connectivity index (χ4v) is 4.34. The largest absolute Gasteiger partial charge is 0.453 e. The molecule has 1 saturated heterocycles. The van der Waals surface area contributed by atoms with Gasteiger partial charge in [-0.05, 0) is 24.7 Å². The van der Waals surface area contributed by atoms with Gasteiger partial charge in [-0.25, -0.2) is 4.79 Å². The first-order valence-electron chi connectivity index (χ1n) is 7.80. The van der Waals surface area contributed by atoms with Crippen molar-refractivity contribution in [3.05, 3.63) is 0 Å². The molecule has 0 spiro atoms. The molecule has 5 heteroatoms. The van der Waals surface area contributed by atoms with Crippen LogP contribution in [0.4, 0.5) is 4.79 Å². The molecule has 4 nitrogen and oxygen atoms in total. The molecule has 0 bridgehead atoms. The van der Waals surface area contributed by atoms with E-state index in [-0.39, 0.29) is 12.1 Å². The van der Waals surface area contributed by atoms with Crippen molar-refractivity contribution in [1.82, 2.24) is 10.2 Å². The molecule has 1 aliphatic heterocycles. The predicted octanol–water partition coefficient (Wildman–Crippen LogP) is 3.15. The molecule has 0 radical (unpaired) electrons. The number of nitrogens with one attached hydrogen (secondary N) is 1. The SMILES string of the molecule is COC(=O)NC1CCN(CC2(CBr)CCCCCC2)C1. The third-order valence-corrected chi connectivity index (χ3v) is 5.98. The van der Waals surface area contributed by atoms with Crippen molar-refractivity contribution in [2.75, 3.05) is 32.1 Å². The number of ether oxygens (including phenoxy) is 1. The van der Waals surface area contributed by atoms with Gasteiger partial charge in [0, 0.05) is 31.0 Å². The van der Waals surface area contributed by atoms with E-state index >= 15 is 0 Å². The number of halogens is 1. The molecular weight excluding hydrogens is 320 g/mol. The van der Waals surface area contributed by atoms with Gasteiger partial charge < -0.3 is 15.0 Å². The number of likely N-dealkylation sites (tertiary alicyclic amines) is 1. The Hall–Kier alpha value is -0.290. The lowest BCUT2D eigenvalue weighted by atomic mass is 9.82. The van der Waals surface area contributed by atoms with Crippen molar-refractivity contribution in [2.24, 2.45) is 5.41 Å². The number of carbonyl (C=O) groups is 1. The van der Waals surface area contributed by atoms with Crippen LogP contribution in [-0.4, -0.2) is 49.1 Å². The second kappa shape index (κ2) is 7.64. The fourth-order valence-electron chi connectivity index (χ4n) is 3.61. The molecule has 1 unspecified atom stereocenters. The number of hydrogen-bond acceptors (Lipinski definition) is 3. The van der Waals surface area contributed by atoms with Gasteiger partial charge in [0.1, 0.15) is 0 Å². The summed E-state index contributed by atoms with van der Waals surface area (Å²) in [6.07, 6.45) is 8.91. The summed E-state index contributed by atoms with van der Waals surface area (Å²) in [5.74, 6) is 0. The van der Waals surface area contributed by atoms with Crippen LogP contribution in [0.1, 0.15) is 44.9 Å². The Balaban J connectivity index is 1.84. The van der Waals surface area contributed by atoms with Crippen LogP contribution in [0.15, 0.2) is 0 Å². The summed E-state index contributed by atoms with van der Waals surface area (Å²) >= 11 is 3.76. The molecule has 2 aliphatic rings. The number of alkyl halides is 1. The molecule has 1 amide bonds. The zero-order chi connectivity index (χ0) is 14.4. The van der Waals surface area contributed by atoms with Gasteiger partial charge in [-0.3, -0.25) is 0 Å². The van der Waals surface area contributed by atoms with Crippen molar-refractivity contribution in [3.8, 4) is 0 Å². The molecule has 1 N–H and O–H groups in total. The van der Waals surface area contributed by atoms with Crippen LogP contribution in [0.2, 0.25) is 0 Å². The number of hydrogen-bond donors (Lipinski definition) is 1. The quantitative estimate of drug-likeness (QED) is 0.627. The highest BCUT2D eigenvalue weighted by Crippen LogP contribution is 2.38. The van der Waals surface area contributed by atoms with Crippen molar-refractivity contribution in [2.45, 2.75) is 51.0 Å². The molecule has 2 rings (SSSR count). The van der Waals surface area contributed by atoms with E-state index < -0.39 is 0 Å². The first-order valence-corrected chi connectivity index (χ1v) is 8.92. The van der Waals surface area contributed by atoms with Crippen molar-refractivity contribution in [3.63, 3.8) is 0 Å².